The summed E-state index contributed by atoms with van der Waals surface area (Å²) in [7, 11) is 8.11. The van der Waals surface area contributed by atoms with E-state index in [1.165, 1.54) is 14.0 Å². The molecule has 1 saturated heterocycles. The number of likely N-dealkylation sites (tertiary alicyclic amines) is 1. The fourth-order valence-electron chi connectivity index (χ4n) is 12.4. The molecular weight excluding hydrogens is 610 g/mol. The highest BCUT2D eigenvalue weighted by molar-refractivity contribution is 5.89. The van der Waals surface area contributed by atoms with Gasteiger partial charge in [0.25, 0.3) is 0 Å². The van der Waals surface area contributed by atoms with Crippen LogP contribution >= 0.6 is 0 Å². The predicted octanol–water partition coefficient (Wildman–Crippen LogP) is 1.69. The van der Waals surface area contributed by atoms with Crippen LogP contribution in [0.1, 0.15) is 43.5 Å². The van der Waals surface area contributed by atoms with Gasteiger partial charge in [0.2, 0.25) is 0 Å². The summed E-state index contributed by atoms with van der Waals surface area (Å²) in [5, 5.41) is 24.8. The van der Waals surface area contributed by atoms with E-state index in [9.17, 15) is 19.8 Å². The Hall–Kier alpha value is -2.32. The highest BCUT2D eigenvalue weighted by Crippen LogP contribution is 2.80. The fourth-order valence-corrected chi connectivity index (χ4v) is 12.4. The second-order valence-corrected chi connectivity index (χ2v) is 14.7. The second kappa shape index (κ2) is 11.4. The van der Waals surface area contributed by atoms with E-state index in [2.05, 4.69) is 11.8 Å². The van der Waals surface area contributed by atoms with Crippen molar-refractivity contribution in [2.75, 3.05) is 55.2 Å². The SMILES string of the molecule is CCN1C[C@]2(COC)[C@H](O)C[C@H](OC)[C@]34C1[C@@H]([C@H](OC)[C@H]23)[C@@]1(OC(C)=O)C[C@H](OC)[C@@]2(O)C[C@@H]4[C@@H]1[C@H]2OC(=O)c1ccc(OC)cc1. The van der Waals surface area contributed by atoms with E-state index >= 15 is 0 Å². The minimum Gasteiger partial charge on any atom is -0.497 e. The smallest absolute Gasteiger partial charge is 0.338 e. The first kappa shape index (κ1) is 33.2. The molecule has 1 spiro atoms. The van der Waals surface area contributed by atoms with Gasteiger partial charge >= 0.3 is 11.9 Å². The molecule has 47 heavy (non-hydrogen) atoms. The van der Waals surface area contributed by atoms with Gasteiger partial charge in [0, 0.05) is 89.4 Å². The van der Waals surface area contributed by atoms with Crippen molar-refractivity contribution < 1.29 is 53.0 Å². The molecule has 5 saturated carbocycles. The Balaban J connectivity index is 1.47. The quantitative estimate of drug-likeness (QED) is 0.353. The van der Waals surface area contributed by atoms with E-state index in [1.807, 2.05) is 0 Å². The van der Waals surface area contributed by atoms with Crippen LogP contribution in [0.25, 0.3) is 0 Å². The van der Waals surface area contributed by atoms with Crippen molar-refractivity contribution in [1.82, 2.24) is 4.90 Å². The van der Waals surface area contributed by atoms with Gasteiger partial charge in [-0.1, -0.05) is 6.92 Å². The van der Waals surface area contributed by atoms with Crippen LogP contribution in [0.5, 0.6) is 5.75 Å². The summed E-state index contributed by atoms with van der Waals surface area (Å²) in [5.74, 6) is -2.10. The first-order valence-corrected chi connectivity index (χ1v) is 16.7. The monoisotopic (exact) mass is 659 g/mol. The number of aliphatic hydroxyl groups is 2. The number of nitrogens with zero attached hydrogens (tertiary/aromatic N) is 1. The van der Waals surface area contributed by atoms with Crippen molar-refractivity contribution in [2.45, 2.75) is 80.9 Å². The van der Waals surface area contributed by atoms with E-state index in [0.29, 0.717) is 37.4 Å². The van der Waals surface area contributed by atoms with Crippen LogP contribution in [0.4, 0.5) is 0 Å². The molecule has 6 fully saturated rings. The van der Waals surface area contributed by atoms with Gasteiger partial charge in [0.05, 0.1) is 43.7 Å². The molecule has 5 aliphatic carbocycles. The largest absolute Gasteiger partial charge is 0.497 e. The molecule has 1 heterocycles. The third-order valence-corrected chi connectivity index (χ3v) is 13.4. The van der Waals surface area contributed by atoms with Crippen molar-refractivity contribution in [1.29, 1.82) is 0 Å². The lowest BCUT2D eigenvalue weighted by molar-refractivity contribution is -0.300. The van der Waals surface area contributed by atoms with Gasteiger partial charge in [-0.05, 0) is 43.1 Å². The highest BCUT2D eigenvalue weighted by Gasteiger charge is 2.90. The zero-order valence-electron chi connectivity index (χ0n) is 28.3. The molecule has 7 rings (SSSR count). The molecule has 1 aliphatic heterocycles. The van der Waals surface area contributed by atoms with Crippen LogP contribution < -0.4 is 4.74 Å². The molecule has 1 unspecified atom stereocenters. The van der Waals surface area contributed by atoms with Crippen molar-refractivity contribution in [2.24, 2.45) is 34.5 Å². The number of hydrogen-bond acceptors (Lipinski definition) is 12. The Morgan fingerprint density at radius 3 is 2.26 bits per heavy atom. The van der Waals surface area contributed by atoms with Gasteiger partial charge in [-0.25, -0.2) is 4.79 Å². The van der Waals surface area contributed by atoms with Gasteiger partial charge in [-0.2, -0.15) is 0 Å². The zero-order valence-corrected chi connectivity index (χ0v) is 28.3. The van der Waals surface area contributed by atoms with Crippen molar-refractivity contribution >= 4 is 11.9 Å². The minimum atomic E-state index is -1.58. The molecule has 12 heteroatoms. The Morgan fingerprint density at radius 1 is 0.979 bits per heavy atom. The maximum atomic E-state index is 13.9. The lowest BCUT2D eigenvalue weighted by atomic mass is 9.42. The zero-order chi connectivity index (χ0) is 33.7. The third-order valence-electron chi connectivity index (χ3n) is 13.4. The maximum Gasteiger partial charge on any atom is 0.338 e. The average Bonchev–Trinajstić information content (AvgIpc) is 3.43. The average molecular weight is 660 g/mol. The molecule has 7 bridgehead atoms. The summed E-state index contributed by atoms with van der Waals surface area (Å²) in [6.07, 6.45) is -2.70. The van der Waals surface area contributed by atoms with Gasteiger partial charge in [0.15, 0.2) is 0 Å². The van der Waals surface area contributed by atoms with Gasteiger partial charge in [-0.15, -0.1) is 0 Å². The number of hydrogen-bond donors (Lipinski definition) is 2. The van der Waals surface area contributed by atoms with Crippen LogP contribution in [0.3, 0.4) is 0 Å². The first-order chi connectivity index (χ1) is 22.5. The molecule has 0 aromatic heterocycles. The summed E-state index contributed by atoms with van der Waals surface area (Å²) < 4.78 is 43.2. The van der Waals surface area contributed by atoms with Gasteiger partial charge in [0.1, 0.15) is 23.1 Å². The Morgan fingerprint density at radius 2 is 1.68 bits per heavy atom. The van der Waals surface area contributed by atoms with E-state index < -0.39 is 76.3 Å². The summed E-state index contributed by atoms with van der Waals surface area (Å²) >= 11 is 0. The topological polar surface area (TPSA) is 142 Å². The van der Waals surface area contributed by atoms with E-state index in [4.69, 9.17) is 33.2 Å². The Kier molecular flexibility index (Phi) is 8.02. The van der Waals surface area contributed by atoms with Gasteiger partial charge < -0.3 is 43.4 Å². The van der Waals surface area contributed by atoms with E-state index in [-0.39, 0.29) is 30.7 Å². The van der Waals surface area contributed by atoms with E-state index in [1.54, 1.807) is 52.7 Å². The normalized spacial score (nSPS) is 47.4. The number of carbonyl (C=O) groups is 2. The van der Waals surface area contributed by atoms with E-state index in [0.717, 1.165) is 0 Å². The Bertz CT molecular complexity index is 1390. The number of aliphatic hydroxyl groups excluding tert-OH is 1. The molecule has 1 aromatic carbocycles. The van der Waals surface area contributed by atoms with Crippen LogP contribution in [0.2, 0.25) is 0 Å². The summed E-state index contributed by atoms with van der Waals surface area (Å²) in [6, 6.07) is 6.44. The fraction of sp³-hybridized carbons (Fsp3) is 0.771. The molecule has 0 amide bonds. The lowest BCUT2D eigenvalue weighted by Crippen LogP contribution is -2.79. The first-order valence-electron chi connectivity index (χ1n) is 16.7. The molecule has 0 radical (unpaired) electrons. The predicted molar refractivity (Wildman–Crippen MR) is 166 cm³/mol. The maximum absolute atomic E-state index is 13.9. The molecule has 14 atom stereocenters. The molecule has 260 valence electrons. The number of fused-ring (bicyclic) bond motifs is 2. The Labute approximate surface area is 275 Å². The number of esters is 2. The number of benzene rings is 1. The number of piperidine rings is 1. The molecule has 12 nitrogen and oxygen atoms in total. The number of ether oxygens (including phenoxy) is 7. The molecule has 6 aliphatic rings. The summed E-state index contributed by atoms with van der Waals surface area (Å²) in [6.45, 7) is 5.04. The summed E-state index contributed by atoms with van der Waals surface area (Å²) in [4.78, 5) is 29.5. The molecule has 2 N–H and O–H groups in total. The molecule has 1 aromatic rings. The summed E-state index contributed by atoms with van der Waals surface area (Å²) in [5.41, 5.74) is -3.89. The van der Waals surface area contributed by atoms with Crippen LogP contribution in [0, 0.1) is 34.5 Å². The molecular formula is C35H49NO11. The van der Waals surface area contributed by atoms with Crippen LogP contribution in [-0.2, 0) is 33.2 Å². The second-order valence-electron chi connectivity index (χ2n) is 14.7. The highest BCUT2D eigenvalue weighted by atomic mass is 16.6. The standard InChI is InChI=1S/C35H49NO11/c1-8-36-16-32(17-41-3)22(38)13-23(43-5)35-21-14-33(40)24(44-6)15-34(47-18(2)37,26(29(35)36)27(45-7)28(32)35)25(21)30(33)46-31(39)19-9-11-20(42-4)12-10-19/h9-12,21-30,38,40H,8,13-17H2,1-7H3/t21-,22-,23+,24+,25-,26-,27+,28-,29?,30-,32+,33+,34-,35+/m1/s1. The minimum absolute atomic E-state index is 0.179. The third kappa shape index (κ3) is 4.00. The number of methoxy groups -OCH3 is 5. The van der Waals surface area contributed by atoms with Crippen molar-refractivity contribution in [3.63, 3.8) is 0 Å². The lowest BCUT2D eigenvalue weighted by Gasteiger charge is -2.70. The number of carbonyl (C=O) groups excluding carboxylic acids is 2. The van der Waals surface area contributed by atoms with Crippen LogP contribution in [-0.4, -0.2) is 130 Å². The van der Waals surface area contributed by atoms with Crippen molar-refractivity contribution in [3.8, 4) is 5.75 Å². The van der Waals surface area contributed by atoms with Crippen molar-refractivity contribution in [3.05, 3.63) is 29.8 Å². The number of rotatable bonds is 10. The van der Waals surface area contributed by atoms with Gasteiger partial charge in [-0.3, -0.25) is 9.69 Å². The van der Waals surface area contributed by atoms with Crippen LogP contribution in [0.15, 0.2) is 24.3 Å².